The average molecular weight is 441 g/mol. The molecular weight excluding hydrogens is 415 g/mol. The van der Waals surface area contributed by atoms with Gasteiger partial charge in [-0.1, -0.05) is 24.3 Å². The summed E-state index contributed by atoms with van der Waals surface area (Å²) in [4.78, 5) is 20.8. The highest BCUT2D eigenvalue weighted by Crippen LogP contribution is 2.42. The second kappa shape index (κ2) is 7.66. The first-order chi connectivity index (χ1) is 16.1. The lowest BCUT2D eigenvalue weighted by atomic mass is 10.1. The summed E-state index contributed by atoms with van der Waals surface area (Å²) >= 11 is 0. The maximum Gasteiger partial charge on any atom is 0.272 e. The summed E-state index contributed by atoms with van der Waals surface area (Å²) in [6, 6.07) is 21.8. The molecule has 3 aromatic carbocycles. The molecule has 0 saturated heterocycles. The zero-order valence-corrected chi connectivity index (χ0v) is 18.4. The van der Waals surface area contributed by atoms with E-state index in [0.29, 0.717) is 28.3 Å². The number of fused-ring (bicyclic) bond motifs is 2. The normalized spacial score (nSPS) is 15.6. The number of rotatable bonds is 4. The zero-order chi connectivity index (χ0) is 22.5. The molecule has 5 nitrogen and oxygen atoms in total. The molecule has 1 saturated carbocycles. The number of benzene rings is 3. The van der Waals surface area contributed by atoms with Crippen molar-refractivity contribution in [3.63, 3.8) is 0 Å². The Bertz CT molecular complexity index is 1330. The van der Waals surface area contributed by atoms with Crippen LogP contribution in [-0.2, 0) is 0 Å². The van der Waals surface area contributed by atoms with Crippen LogP contribution < -0.4 is 15.1 Å². The number of hydrogen-bond donors (Lipinski definition) is 2. The second-order valence-corrected chi connectivity index (χ2v) is 8.91. The van der Waals surface area contributed by atoms with Crippen molar-refractivity contribution < 1.29 is 9.18 Å². The fraction of sp³-hybridized carbons (Fsp3) is 0.222. The van der Waals surface area contributed by atoms with Crippen LogP contribution in [0.2, 0.25) is 0 Å². The van der Waals surface area contributed by atoms with E-state index in [1.807, 2.05) is 25.1 Å². The fourth-order valence-corrected chi connectivity index (χ4v) is 4.82. The maximum absolute atomic E-state index is 14.2. The fourth-order valence-electron chi connectivity index (χ4n) is 4.82. The number of halogens is 1. The predicted molar refractivity (Wildman–Crippen MR) is 131 cm³/mol. The molecule has 2 aliphatic rings. The Balaban J connectivity index is 1.28. The van der Waals surface area contributed by atoms with Gasteiger partial charge >= 0.3 is 0 Å². The number of carbonyl (C=O) groups is 1. The lowest BCUT2D eigenvalue weighted by molar-refractivity contribution is 0.102. The molecule has 4 aromatic rings. The highest BCUT2D eigenvalue weighted by atomic mass is 19.1. The monoisotopic (exact) mass is 440 g/mol. The van der Waals surface area contributed by atoms with Gasteiger partial charge in [0.1, 0.15) is 11.5 Å². The molecule has 1 aliphatic heterocycles. The van der Waals surface area contributed by atoms with E-state index in [0.717, 1.165) is 24.3 Å². The molecule has 0 bridgehead atoms. The molecule has 0 spiro atoms. The molecule has 2 heterocycles. The van der Waals surface area contributed by atoms with Crippen LogP contribution in [0.3, 0.4) is 0 Å². The summed E-state index contributed by atoms with van der Waals surface area (Å²) in [6.45, 7) is 3.77. The van der Waals surface area contributed by atoms with Crippen molar-refractivity contribution in [3.8, 4) is 0 Å². The lowest BCUT2D eigenvalue weighted by Crippen LogP contribution is -2.40. The number of amides is 1. The van der Waals surface area contributed by atoms with Crippen LogP contribution in [0.15, 0.2) is 66.7 Å². The van der Waals surface area contributed by atoms with Gasteiger partial charge in [-0.15, -0.1) is 0 Å². The summed E-state index contributed by atoms with van der Waals surface area (Å²) in [6.07, 6.45) is 2.54. The molecule has 6 rings (SSSR count). The number of para-hydroxylation sites is 2. The molecule has 166 valence electrons. The number of anilines is 4. The van der Waals surface area contributed by atoms with Gasteiger partial charge in [0.05, 0.1) is 16.9 Å². The molecule has 6 heteroatoms. The van der Waals surface area contributed by atoms with Gasteiger partial charge in [0.25, 0.3) is 5.91 Å². The van der Waals surface area contributed by atoms with Gasteiger partial charge in [0, 0.05) is 35.9 Å². The Labute approximate surface area is 191 Å². The van der Waals surface area contributed by atoms with Crippen LogP contribution in [0.25, 0.3) is 10.9 Å². The van der Waals surface area contributed by atoms with Crippen molar-refractivity contribution in [2.45, 2.75) is 25.8 Å². The van der Waals surface area contributed by atoms with E-state index in [2.05, 4.69) is 50.4 Å². The minimum Gasteiger partial charge on any atom is -0.365 e. The Morgan fingerprint density at radius 3 is 2.61 bits per heavy atom. The largest absolute Gasteiger partial charge is 0.365 e. The number of aromatic amines is 1. The van der Waals surface area contributed by atoms with Gasteiger partial charge in [-0.05, 0) is 67.8 Å². The summed E-state index contributed by atoms with van der Waals surface area (Å²) in [5.74, 6) is -0.627. The standard InChI is InChI=1S/C27H25FN4O/c1-17-9-12-22(28)21-16-23(30-26(17)21)27(33)29-18-5-4-6-20(15-18)32-14-13-31(19-10-11-19)24-7-2-3-8-25(24)32/h2-9,12,15-16,19,30H,10-11,13-14H2,1H3,(H,29,33). The molecule has 33 heavy (non-hydrogen) atoms. The number of nitrogens with zero attached hydrogens (tertiary/aromatic N) is 2. The third-order valence-corrected chi connectivity index (χ3v) is 6.64. The van der Waals surface area contributed by atoms with E-state index < -0.39 is 0 Å². The van der Waals surface area contributed by atoms with Gasteiger partial charge in [0.15, 0.2) is 0 Å². The smallest absolute Gasteiger partial charge is 0.272 e. The van der Waals surface area contributed by atoms with Crippen molar-refractivity contribution >= 4 is 39.6 Å². The number of hydrogen-bond acceptors (Lipinski definition) is 3. The van der Waals surface area contributed by atoms with E-state index in [4.69, 9.17) is 0 Å². The molecule has 0 unspecified atom stereocenters. The zero-order valence-electron chi connectivity index (χ0n) is 18.4. The van der Waals surface area contributed by atoms with Gasteiger partial charge in [-0.2, -0.15) is 0 Å². The summed E-state index contributed by atoms with van der Waals surface area (Å²) < 4.78 is 14.2. The first-order valence-electron chi connectivity index (χ1n) is 11.4. The minimum atomic E-state index is -0.336. The molecular formula is C27H25FN4O. The number of carbonyl (C=O) groups excluding carboxylic acids is 1. The molecule has 0 atom stereocenters. The first kappa shape index (κ1) is 19.9. The maximum atomic E-state index is 14.2. The third kappa shape index (κ3) is 3.52. The van der Waals surface area contributed by atoms with Crippen LogP contribution in [0.5, 0.6) is 0 Å². The van der Waals surface area contributed by atoms with Gasteiger partial charge in [-0.3, -0.25) is 4.79 Å². The summed E-state index contributed by atoms with van der Waals surface area (Å²) in [5, 5.41) is 3.40. The van der Waals surface area contributed by atoms with Gasteiger partial charge in [0.2, 0.25) is 0 Å². The topological polar surface area (TPSA) is 51.4 Å². The number of nitrogens with one attached hydrogen (secondary N) is 2. The molecule has 1 aromatic heterocycles. The minimum absolute atomic E-state index is 0.291. The molecule has 1 amide bonds. The Hall–Kier alpha value is -3.80. The lowest BCUT2D eigenvalue weighted by Gasteiger charge is -2.39. The third-order valence-electron chi connectivity index (χ3n) is 6.64. The van der Waals surface area contributed by atoms with Crippen LogP contribution in [0.4, 0.5) is 27.1 Å². The molecule has 2 N–H and O–H groups in total. The van der Waals surface area contributed by atoms with Crippen LogP contribution >= 0.6 is 0 Å². The Morgan fingerprint density at radius 1 is 1.00 bits per heavy atom. The quantitative estimate of drug-likeness (QED) is 0.410. The molecule has 1 aliphatic carbocycles. The van der Waals surface area contributed by atoms with E-state index in [-0.39, 0.29) is 11.7 Å². The summed E-state index contributed by atoms with van der Waals surface area (Å²) in [5.41, 5.74) is 6.10. The highest BCUT2D eigenvalue weighted by Gasteiger charge is 2.34. The second-order valence-electron chi connectivity index (χ2n) is 8.91. The average Bonchev–Trinajstić information content (AvgIpc) is 3.57. The number of H-pyrrole nitrogens is 1. The SMILES string of the molecule is Cc1ccc(F)c2cc(C(=O)Nc3cccc(N4CCN(C5CC5)c5ccccc54)c3)[nH]c12. The Kier molecular flexibility index (Phi) is 4.61. The molecule has 1 fully saturated rings. The van der Waals surface area contributed by atoms with Crippen LogP contribution in [0.1, 0.15) is 28.9 Å². The van der Waals surface area contributed by atoms with Crippen LogP contribution in [-0.4, -0.2) is 30.0 Å². The molecule has 0 radical (unpaired) electrons. The van der Waals surface area contributed by atoms with Crippen LogP contribution in [0, 0.1) is 12.7 Å². The number of aromatic nitrogens is 1. The van der Waals surface area contributed by atoms with E-state index in [1.54, 1.807) is 12.1 Å². The van der Waals surface area contributed by atoms with E-state index >= 15 is 0 Å². The number of aryl methyl sites for hydroxylation is 1. The van der Waals surface area contributed by atoms with E-state index in [1.165, 1.54) is 30.3 Å². The van der Waals surface area contributed by atoms with Crippen molar-refractivity contribution in [2.75, 3.05) is 28.2 Å². The first-order valence-corrected chi connectivity index (χ1v) is 11.4. The highest BCUT2D eigenvalue weighted by molar-refractivity contribution is 6.06. The van der Waals surface area contributed by atoms with Gasteiger partial charge in [-0.25, -0.2) is 4.39 Å². The summed E-state index contributed by atoms with van der Waals surface area (Å²) in [7, 11) is 0. The van der Waals surface area contributed by atoms with Crippen molar-refractivity contribution in [1.29, 1.82) is 0 Å². The van der Waals surface area contributed by atoms with Gasteiger partial charge < -0.3 is 20.1 Å². The van der Waals surface area contributed by atoms with Crippen molar-refractivity contribution in [2.24, 2.45) is 0 Å². The Morgan fingerprint density at radius 2 is 1.82 bits per heavy atom. The van der Waals surface area contributed by atoms with Crippen molar-refractivity contribution in [3.05, 3.63) is 83.8 Å². The predicted octanol–water partition coefficient (Wildman–Crippen LogP) is 5.99. The van der Waals surface area contributed by atoms with Crippen molar-refractivity contribution in [1.82, 2.24) is 4.98 Å². The van der Waals surface area contributed by atoms with E-state index in [9.17, 15) is 9.18 Å².